The van der Waals surface area contributed by atoms with E-state index >= 15 is 0 Å². The van der Waals surface area contributed by atoms with Gasteiger partial charge < -0.3 is 10.2 Å². The number of nitrogens with zero attached hydrogens (tertiary/aromatic N) is 3. The Labute approximate surface area is 205 Å². The third-order valence-corrected chi connectivity index (χ3v) is 7.67. The first kappa shape index (κ1) is 23.7. The number of hydrogen-bond donors (Lipinski definition) is 1. The largest absolute Gasteiger partial charge is 0.324 e. The predicted octanol–water partition coefficient (Wildman–Crippen LogP) is 5.78. The molecule has 1 aromatic carbocycles. The fourth-order valence-electron chi connectivity index (χ4n) is 5.79. The van der Waals surface area contributed by atoms with Gasteiger partial charge in [0.25, 0.3) is 0 Å². The van der Waals surface area contributed by atoms with Gasteiger partial charge in [-0.3, -0.25) is 9.88 Å². The summed E-state index contributed by atoms with van der Waals surface area (Å²) in [5, 5.41) is 2.68. The summed E-state index contributed by atoms with van der Waals surface area (Å²) in [5.74, 6) is -0.547. The van der Waals surface area contributed by atoms with Crippen molar-refractivity contribution in [2.75, 3.05) is 19.6 Å². The van der Waals surface area contributed by atoms with Crippen molar-refractivity contribution in [3.63, 3.8) is 0 Å². The molecule has 2 aromatic rings. The summed E-state index contributed by atoms with van der Waals surface area (Å²) >= 11 is 0. The molecule has 7 heteroatoms. The predicted molar refractivity (Wildman–Crippen MR) is 133 cm³/mol. The zero-order valence-corrected chi connectivity index (χ0v) is 20.3. The van der Waals surface area contributed by atoms with Gasteiger partial charge in [0.1, 0.15) is 12.0 Å². The summed E-state index contributed by atoms with van der Waals surface area (Å²) < 4.78 is 27.2. The number of carbonyl (C=O) groups is 1. The number of pyridine rings is 1. The number of benzene rings is 1. The molecule has 1 aromatic heterocycles. The van der Waals surface area contributed by atoms with Crippen molar-refractivity contribution in [1.82, 2.24) is 20.1 Å². The van der Waals surface area contributed by atoms with E-state index in [1.54, 1.807) is 4.90 Å². The monoisotopic (exact) mass is 478 g/mol. The summed E-state index contributed by atoms with van der Waals surface area (Å²) in [5.41, 5.74) is 3.96. The van der Waals surface area contributed by atoms with E-state index in [1.165, 1.54) is 23.3 Å². The zero-order chi connectivity index (χ0) is 24.6. The quantitative estimate of drug-likeness (QED) is 0.606. The van der Waals surface area contributed by atoms with E-state index in [-0.39, 0.29) is 23.6 Å². The Bertz CT molecular complexity index is 1120. The minimum atomic E-state index is -1.40. The van der Waals surface area contributed by atoms with Gasteiger partial charge in [0.05, 0.1) is 0 Å². The highest BCUT2D eigenvalue weighted by atomic mass is 19.1. The first-order valence-electron chi connectivity index (χ1n) is 12.4. The average molecular weight is 479 g/mol. The van der Waals surface area contributed by atoms with Crippen molar-refractivity contribution >= 4 is 6.03 Å². The van der Waals surface area contributed by atoms with Gasteiger partial charge >= 0.3 is 6.03 Å². The van der Waals surface area contributed by atoms with Crippen molar-refractivity contribution < 1.29 is 13.6 Å². The van der Waals surface area contributed by atoms with Crippen LogP contribution < -0.4 is 5.32 Å². The number of hydrogen-bond acceptors (Lipinski definition) is 3. The minimum absolute atomic E-state index is 0.124. The number of rotatable bonds is 4. The first-order valence-corrected chi connectivity index (χ1v) is 12.4. The van der Waals surface area contributed by atoms with Crippen LogP contribution in [0.3, 0.4) is 0 Å². The fraction of sp³-hybridized carbons (Fsp3) is 0.429. The van der Waals surface area contributed by atoms with E-state index in [2.05, 4.69) is 53.3 Å². The number of urea groups is 1. The molecule has 0 bridgehead atoms. The van der Waals surface area contributed by atoms with Crippen LogP contribution in [0.2, 0.25) is 0 Å². The second kappa shape index (κ2) is 9.53. The fourth-order valence-corrected chi connectivity index (χ4v) is 5.79. The molecule has 184 valence electrons. The Balaban J connectivity index is 1.27. The molecule has 2 amide bonds. The van der Waals surface area contributed by atoms with Crippen LogP contribution in [0.1, 0.15) is 44.7 Å². The molecule has 2 unspecified atom stereocenters. The topological polar surface area (TPSA) is 48.5 Å². The molecular formula is C28H32F2N4O. The summed E-state index contributed by atoms with van der Waals surface area (Å²) in [6, 6.07) is 13.3. The third-order valence-electron chi connectivity index (χ3n) is 7.67. The molecule has 1 N–H and O–H groups in total. The maximum atomic E-state index is 13.6. The number of allylic oxidation sites excluding steroid dienone is 3. The van der Waals surface area contributed by atoms with Crippen molar-refractivity contribution in [3.8, 4) is 11.1 Å². The Morgan fingerprint density at radius 1 is 1.09 bits per heavy atom. The van der Waals surface area contributed by atoms with Crippen LogP contribution in [0.25, 0.3) is 11.1 Å². The number of nitrogens with one attached hydrogen (secondary N) is 1. The molecule has 2 atom stereocenters. The normalized spacial score (nSPS) is 24.1. The van der Waals surface area contributed by atoms with Crippen molar-refractivity contribution in [2.24, 2.45) is 5.41 Å². The van der Waals surface area contributed by atoms with Gasteiger partial charge in [0, 0.05) is 61.6 Å². The number of likely N-dealkylation sites (tertiary alicyclic amines) is 2. The molecule has 2 saturated heterocycles. The molecule has 0 radical (unpaired) electrons. The molecule has 5 rings (SSSR count). The lowest BCUT2D eigenvalue weighted by atomic mass is 9.62. The van der Waals surface area contributed by atoms with Crippen molar-refractivity contribution in [3.05, 3.63) is 78.0 Å². The van der Waals surface area contributed by atoms with Gasteiger partial charge in [-0.1, -0.05) is 24.3 Å². The second-order valence-corrected chi connectivity index (χ2v) is 10.2. The smallest absolute Gasteiger partial charge is 0.321 e. The van der Waals surface area contributed by atoms with Crippen LogP contribution in [-0.4, -0.2) is 52.7 Å². The van der Waals surface area contributed by atoms with Gasteiger partial charge in [-0.05, 0) is 67.7 Å². The van der Waals surface area contributed by atoms with Crippen LogP contribution in [0.4, 0.5) is 13.6 Å². The molecule has 0 saturated carbocycles. The standard InChI is InChI=1S/C28H32F2N4O/c1-19(2)34-18-28(26(34)22-5-3-20(4-6-22)21-7-11-31-12-8-21)9-13-33(14-10-28)27(35)32-25-16-23(29)15-24(30)17-25/h3-8,11-12,16-17,19,23,26H,9-10,13-15,18H2,1-2H3,(H,32,35). The van der Waals surface area contributed by atoms with Gasteiger partial charge in [-0.2, -0.15) is 0 Å². The maximum absolute atomic E-state index is 13.6. The summed E-state index contributed by atoms with van der Waals surface area (Å²) in [6.45, 7) is 6.73. The number of amides is 2. The molecule has 3 heterocycles. The molecule has 1 spiro atoms. The minimum Gasteiger partial charge on any atom is -0.324 e. The SMILES string of the molecule is CC(C)N1CC2(CCN(C(=O)NC3=CC(F)CC(F)=C3)CC2)C1c1ccc(-c2ccncc2)cc1. The lowest BCUT2D eigenvalue weighted by molar-refractivity contribution is -0.123. The van der Waals surface area contributed by atoms with Crippen LogP contribution >= 0.6 is 0 Å². The highest BCUT2D eigenvalue weighted by Gasteiger charge is 2.54. The second-order valence-electron chi connectivity index (χ2n) is 10.2. The average Bonchev–Trinajstić information content (AvgIpc) is 2.83. The summed E-state index contributed by atoms with van der Waals surface area (Å²) in [4.78, 5) is 21.2. The van der Waals surface area contributed by atoms with E-state index < -0.39 is 12.0 Å². The van der Waals surface area contributed by atoms with Crippen LogP contribution in [-0.2, 0) is 0 Å². The summed E-state index contributed by atoms with van der Waals surface area (Å²) in [7, 11) is 0. The number of halogens is 2. The van der Waals surface area contributed by atoms with E-state index in [9.17, 15) is 13.6 Å². The lowest BCUT2D eigenvalue weighted by Gasteiger charge is -2.62. The lowest BCUT2D eigenvalue weighted by Crippen LogP contribution is -2.64. The van der Waals surface area contributed by atoms with Gasteiger partial charge in [-0.15, -0.1) is 0 Å². The Hall–Kier alpha value is -3.06. The van der Waals surface area contributed by atoms with E-state index in [1.807, 2.05) is 24.5 Å². The molecule has 2 fully saturated rings. The maximum Gasteiger partial charge on any atom is 0.321 e. The van der Waals surface area contributed by atoms with Crippen LogP contribution in [0.5, 0.6) is 0 Å². The third kappa shape index (κ3) is 4.74. The van der Waals surface area contributed by atoms with Crippen molar-refractivity contribution in [1.29, 1.82) is 0 Å². The number of aromatic nitrogens is 1. The number of alkyl halides is 1. The van der Waals surface area contributed by atoms with E-state index in [0.717, 1.165) is 24.9 Å². The van der Waals surface area contributed by atoms with Crippen molar-refractivity contribution in [2.45, 2.75) is 51.4 Å². The van der Waals surface area contributed by atoms with Gasteiger partial charge in [0.2, 0.25) is 0 Å². The highest BCUT2D eigenvalue weighted by Crippen LogP contribution is 2.55. The van der Waals surface area contributed by atoms with Gasteiger partial charge in [0.15, 0.2) is 0 Å². The Morgan fingerprint density at radius 2 is 1.74 bits per heavy atom. The molecule has 35 heavy (non-hydrogen) atoms. The zero-order valence-electron chi connectivity index (χ0n) is 20.3. The molecule has 2 aliphatic heterocycles. The molecule has 1 aliphatic carbocycles. The highest BCUT2D eigenvalue weighted by molar-refractivity contribution is 5.77. The van der Waals surface area contributed by atoms with Gasteiger partial charge in [-0.25, -0.2) is 13.6 Å². The van der Waals surface area contributed by atoms with E-state index in [4.69, 9.17) is 0 Å². The molecule has 5 nitrogen and oxygen atoms in total. The van der Waals surface area contributed by atoms with Crippen LogP contribution in [0.15, 0.2) is 72.5 Å². The Kier molecular flexibility index (Phi) is 6.45. The number of piperidine rings is 1. The summed E-state index contributed by atoms with van der Waals surface area (Å²) in [6.07, 6.45) is 6.22. The molecular weight excluding hydrogens is 446 g/mol. The molecule has 3 aliphatic rings. The number of carbonyl (C=O) groups excluding carboxylic acids is 1. The Morgan fingerprint density at radius 3 is 2.37 bits per heavy atom. The van der Waals surface area contributed by atoms with Crippen LogP contribution in [0, 0.1) is 5.41 Å². The first-order chi connectivity index (χ1) is 16.8. The van der Waals surface area contributed by atoms with E-state index in [0.29, 0.717) is 25.2 Å².